The molecule has 0 unspecified atom stereocenters. The quantitative estimate of drug-likeness (QED) is 0.756. The van der Waals surface area contributed by atoms with E-state index in [0.717, 1.165) is 12.2 Å². The molecule has 0 saturated carbocycles. The molecule has 26 heavy (non-hydrogen) atoms. The highest BCUT2D eigenvalue weighted by Gasteiger charge is 2.12. The summed E-state index contributed by atoms with van der Waals surface area (Å²) < 4.78 is 5.80. The van der Waals surface area contributed by atoms with E-state index in [1.807, 2.05) is 64.0 Å². The van der Waals surface area contributed by atoms with Gasteiger partial charge in [-0.2, -0.15) is 0 Å². The smallest absolute Gasteiger partial charge is 0.270 e. The van der Waals surface area contributed by atoms with Crippen LogP contribution in [-0.4, -0.2) is 54.1 Å². The van der Waals surface area contributed by atoms with Crippen LogP contribution in [0.25, 0.3) is 0 Å². The first-order valence-electron chi connectivity index (χ1n) is 8.66. The second-order valence-electron chi connectivity index (χ2n) is 6.57. The number of para-hydroxylation sites is 2. The molecule has 1 amide bonds. The lowest BCUT2D eigenvalue weighted by atomic mass is 10.3. The minimum Gasteiger partial charge on any atom is -0.489 e. The van der Waals surface area contributed by atoms with E-state index >= 15 is 0 Å². The van der Waals surface area contributed by atoms with Crippen molar-refractivity contribution in [2.75, 3.05) is 32.5 Å². The number of anilines is 2. The molecule has 7 heteroatoms. The summed E-state index contributed by atoms with van der Waals surface area (Å²) in [4.78, 5) is 23.0. The van der Waals surface area contributed by atoms with Crippen molar-refractivity contribution in [3.05, 3.63) is 41.7 Å². The maximum absolute atomic E-state index is 12.3. The minimum absolute atomic E-state index is 0.0504. The van der Waals surface area contributed by atoms with Crippen molar-refractivity contribution in [1.82, 2.24) is 20.2 Å². The Hall–Kier alpha value is -2.67. The number of nitrogens with zero attached hydrogens (tertiary/aromatic N) is 3. The third-order valence-corrected chi connectivity index (χ3v) is 3.43. The molecule has 0 spiro atoms. The summed E-state index contributed by atoms with van der Waals surface area (Å²) in [5.74, 6) is 0.860. The predicted molar refractivity (Wildman–Crippen MR) is 103 cm³/mol. The van der Waals surface area contributed by atoms with Gasteiger partial charge < -0.3 is 20.3 Å². The number of aryl methyl sites for hydroxylation is 1. The first-order chi connectivity index (χ1) is 12.3. The molecule has 1 aromatic heterocycles. The Morgan fingerprint density at radius 3 is 2.65 bits per heavy atom. The number of carbonyl (C=O) groups is 1. The predicted octanol–water partition coefficient (Wildman–Crippen LogP) is 2.61. The Balaban J connectivity index is 2.16. The second-order valence-corrected chi connectivity index (χ2v) is 6.57. The molecular formula is C19H27N5O2. The van der Waals surface area contributed by atoms with Crippen LogP contribution in [0.4, 0.5) is 11.6 Å². The highest BCUT2D eigenvalue weighted by molar-refractivity contribution is 5.92. The van der Waals surface area contributed by atoms with Crippen molar-refractivity contribution in [3.63, 3.8) is 0 Å². The summed E-state index contributed by atoms with van der Waals surface area (Å²) in [7, 11) is 3.92. The molecule has 0 bridgehead atoms. The zero-order valence-corrected chi connectivity index (χ0v) is 16.0. The third kappa shape index (κ3) is 6.00. The van der Waals surface area contributed by atoms with E-state index in [2.05, 4.69) is 20.6 Å². The lowest BCUT2D eigenvalue weighted by molar-refractivity contribution is 0.0946. The van der Waals surface area contributed by atoms with Crippen LogP contribution in [-0.2, 0) is 0 Å². The highest BCUT2D eigenvalue weighted by atomic mass is 16.5. The average molecular weight is 357 g/mol. The van der Waals surface area contributed by atoms with Crippen LogP contribution in [0.5, 0.6) is 5.75 Å². The molecule has 0 fully saturated rings. The molecule has 0 aliphatic rings. The lowest BCUT2D eigenvalue weighted by Crippen LogP contribution is -2.32. The molecule has 2 rings (SSSR count). The lowest BCUT2D eigenvalue weighted by Gasteiger charge is -2.15. The Labute approximate surface area is 154 Å². The van der Waals surface area contributed by atoms with Crippen LogP contribution in [0.15, 0.2) is 30.3 Å². The molecular weight excluding hydrogens is 330 g/mol. The molecule has 7 nitrogen and oxygen atoms in total. The molecule has 1 heterocycles. The fourth-order valence-electron chi connectivity index (χ4n) is 2.27. The van der Waals surface area contributed by atoms with Gasteiger partial charge in [0.2, 0.25) is 5.95 Å². The van der Waals surface area contributed by atoms with Crippen LogP contribution in [0, 0.1) is 6.92 Å². The minimum atomic E-state index is -0.216. The summed E-state index contributed by atoms with van der Waals surface area (Å²) in [6.45, 7) is 7.09. The van der Waals surface area contributed by atoms with Gasteiger partial charge in [0, 0.05) is 18.8 Å². The normalized spacial score (nSPS) is 10.9. The van der Waals surface area contributed by atoms with Gasteiger partial charge >= 0.3 is 0 Å². The molecule has 0 atom stereocenters. The van der Waals surface area contributed by atoms with Gasteiger partial charge in [0.05, 0.1) is 11.8 Å². The van der Waals surface area contributed by atoms with Gasteiger partial charge in [-0.15, -0.1) is 0 Å². The SMILES string of the molecule is Cc1cc(C(=O)NCCN(C)C)nc(Nc2ccccc2OC(C)C)n1. The topological polar surface area (TPSA) is 79.4 Å². The largest absolute Gasteiger partial charge is 0.489 e. The number of benzene rings is 1. The van der Waals surface area contributed by atoms with Gasteiger partial charge in [-0.05, 0) is 53.1 Å². The van der Waals surface area contributed by atoms with Crippen molar-refractivity contribution < 1.29 is 9.53 Å². The number of likely N-dealkylation sites (N-methyl/N-ethyl adjacent to an activating group) is 1. The van der Waals surface area contributed by atoms with Crippen molar-refractivity contribution in [2.24, 2.45) is 0 Å². The number of hydrogen-bond acceptors (Lipinski definition) is 6. The van der Waals surface area contributed by atoms with Gasteiger partial charge in [-0.3, -0.25) is 4.79 Å². The van der Waals surface area contributed by atoms with Crippen molar-refractivity contribution in [3.8, 4) is 5.75 Å². The average Bonchev–Trinajstić information content (AvgIpc) is 2.55. The molecule has 0 aliphatic carbocycles. The van der Waals surface area contributed by atoms with Crippen LogP contribution in [0.3, 0.4) is 0 Å². The Bertz CT molecular complexity index is 746. The third-order valence-electron chi connectivity index (χ3n) is 3.43. The van der Waals surface area contributed by atoms with Crippen molar-refractivity contribution in [2.45, 2.75) is 26.9 Å². The first-order valence-corrected chi connectivity index (χ1v) is 8.66. The summed E-state index contributed by atoms with van der Waals surface area (Å²) in [6.07, 6.45) is 0.0504. The maximum Gasteiger partial charge on any atom is 0.270 e. The van der Waals surface area contributed by atoms with Crippen LogP contribution in [0.1, 0.15) is 30.0 Å². The molecule has 0 radical (unpaired) electrons. The fraction of sp³-hybridized carbons (Fsp3) is 0.421. The fourth-order valence-corrected chi connectivity index (χ4v) is 2.27. The second kappa shape index (κ2) is 9.15. The van der Waals surface area contributed by atoms with Gasteiger partial charge in [0.1, 0.15) is 11.4 Å². The van der Waals surface area contributed by atoms with Gasteiger partial charge in [-0.1, -0.05) is 12.1 Å². The van der Waals surface area contributed by atoms with Gasteiger partial charge in [0.15, 0.2) is 0 Å². The molecule has 1 aromatic carbocycles. The molecule has 0 saturated heterocycles. The summed E-state index contributed by atoms with van der Waals surface area (Å²) >= 11 is 0. The number of ether oxygens (including phenoxy) is 1. The van der Waals surface area contributed by atoms with Crippen molar-refractivity contribution in [1.29, 1.82) is 0 Å². The molecule has 140 valence electrons. The van der Waals surface area contributed by atoms with E-state index in [9.17, 15) is 4.79 Å². The summed E-state index contributed by atoms with van der Waals surface area (Å²) in [6, 6.07) is 9.25. The van der Waals surface area contributed by atoms with Crippen LogP contribution >= 0.6 is 0 Å². The number of rotatable bonds is 8. The molecule has 2 N–H and O–H groups in total. The van der Waals surface area contributed by atoms with Crippen LogP contribution < -0.4 is 15.4 Å². The van der Waals surface area contributed by atoms with Crippen LogP contribution in [0.2, 0.25) is 0 Å². The summed E-state index contributed by atoms with van der Waals surface area (Å²) in [5, 5.41) is 6.02. The zero-order chi connectivity index (χ0) is 19.1. The van der Waals surface area contributed by atoms with E-state index < -0.39 is 0 Å². The van der Waals surface area contributed by atoms with Crippen molar-refractivity contribution >= 4 is 17.5 Å². The van der Waals surface area contributed by atoms with E-state index in [4.69, 9.17) is 4.74 Å². The molecule has 2 aromatic rings. The Morgan fingerprint density at radius 1 is 1.23 bits per heavy atom. The monoisotopic (exact) mass is 357 g/mol. The zero-order valence-electron chi connectivity index (χ0n) is 16.0. The maximum atomic E-state index is 12.3. The van der Waals surface area contributed by atoms with Gasteiger partial charge in [-0.25, -0.2) is 9.97 Å². The van der Waals surface area contributed by atoms with Gasteiger partial charge in [0.25, 0.3) is 5.91 Å². The number of aromatic nitrogens is 2. The highest BCUT2D eigenvalue weighted by Crippen LogP contribution is 2.27. The van der Waals surface area contributed by atoms with E-state index in [1.165, 1.54) is 0 Å². The summed E-state index contributed by atoms with van der Waals surface area (Å²) in [5.41, 5.74) is 1.80. The standard InChI is InChI=1S/C19H27N5O2/c1-13(2)26-17-9-7-6-8-15(17)22-19-21-14(3)12-16(23-19)18(25)20-10-11-24(4)5/h6-9,12-13H,10-11H2,1-5H3,(H,20,25)(H,21,22,23). The van der Waals surface area contributed by atoms with E-state index in [0.29, 0.717) is 29.6 Å². The molecule has 0 aliphatic heterocycles. The first kappa shape index (κ1) is 19.7. The Kier molecular flexibility index (Phi) is 6.91. The number of amides is 1. The number of carbonyl (C=O) groups excluding carboxylic acids is 1. The van der Waals surface area contributed by atoms with E-state index in [1.54, 1.807) is 6.07 Å². The van der Waals surface area contributed by atoms with E-state index in [-0.39, 0.29) is 12.0 Å². The number of hydrogen-bond donors (Lipinski definition) is 2. The number of nitrogens with one attached hydrogen (secondary N) is 2. The Morgan fingerprint density at radius 2 is 1.96 bits per heavy atom.